The summed E-state index contributed by atoms with van der Waals surface area (Å²) in [4.78, 5) is 12.3. The van der Waals surface area contributed by atoms with E-state index in [0.717, 1.165) is 6.07 Å². The van der Waals surface area contributed by atoms with E-state index in [2.05, 4.69) is 11.3 Å². The largest absolute Gasteiger partial charge is 0.441 e. The molecular weight excluding hydrogens is 425 g/mol. The quantitative estimate of drug-likeness (QED) is 0.324. The van der Waals surface area contributed by atoms with Crippen molar-refractivity contribution in [3.63, 3.8) is 0 Å². The van der Waals surface area contributed by atoms with E-state index in [4.69, 9.17) is 4.55 Å². The molecule has 0 aliphatic rings. The number of aromatic nitrogens is 1. The lowest BCUT2D eigenvalue weighted by Crippen LogP contribution is -2.52. The van der Waals surface area contributed by atoms with E-state index >= 15 is 0 Å². The Morgan fingerprint density at radius 1 is 1.14 bits per heavy atom. The molecule has 1 heterocycles. The summed E-state index contributed by atoms with van der Waals surface area (Å²) in [6.07, 6.45) is -6.20. The van der Waals surface area contributed by atoms with Crippen LogP contribution in [0.1, 0.15) is 15.9 Å². The average Bonchev–Trinajstić information content (AvgIpc) is 2.64. The lowest BCUT2D eigenvalue weighted by Gasteiger charge is -2.26. The summed E-state index contributed by atoms with van der Waals surface area (Å²) >= 11 is 0. The maximum Gasteiger partial charge on any atom is 0.432 e. The minimum absolute atomic E-state index is 0.0379. The van der Waals surface area contributed by atoms with Crippen molar-refractivity contribution in [1.29, 1.82) is 0 Å². The first kappa shape index (κ1) is 22.4. The van der Waals surface area contributed by atoms with E-state index in [1.165, 1.54) is 47.3 Å². The van der Waals surface area contributed by atoms with E-state index in [-0.39, 0.29) is 5.69 Å². The van der Waals surface area contributed by atoms with E-state index in [1.54, 1.807) is 6.07 Å². The number of carbonyl (C=O) groups excluding carboxylic acids is 1. The van der Waals surface area contributed by atoms with Crippen LogP contribution >= 0.6 is 0 Å². The van der Waals surface area contributed by atoms with Crippen molar-refractivity contribution >= 4 is 22.2 Å². The maximum atomic E-state index is 13.7. The highest BCUT2D eigenvalue weighted by molar-refractivity contribution is 7.86. The molecule has 1 aromatic carbocycles. The van der Waals surface area contributed by atoms with Gasteiger partial charge >= 0.3 is 27.5 Å². The normalized spacial score (nSPS) is 13.6. The van der Waals surface area contributed by atoms with Crippen LogP contribution in [-0.4, -0.2) is 36.5 Å². The van der Waals surface area contributed by atoms with Gasteiger partial charge in [-0.2, -0.15) is 34.9 Å². The maximum absolute atomic E-state index is 13.7. The number of halogens is 5. The topological polar surface area (TPSA) is 84.5 Å². The van der Waals surface area contributed by atoms with Crippen LogP contribution in [0.2, 0.25) is 0 Å². The first-order valence-corrected chi connectivity index (χ1v) is 9.08. The minimum Gasteiger partial charge on any atom is -0.441 e. The average molecular weight is 438 g/mol. The Kier molecular flexibility index (Phi) is 6.09. The van der Waals surface area contributed by atoms with Crippen LogP contribution in [0.3, 0.4) is 0 Å². The molecule has 0 aliphatic heterocycles. The summed E-state index contributed by atoms with van der Waals surface area (Å²) in [6.45, 7) is 3.51. The zero-order valence-electron chi connectivity index (χ0n) is 14.3. The third kappa shape index (κ3) is 4.77. The number of alkyl halides is 5. The third-order valence-electron chi connectivity index (χ3n) is 3.64. The number of hydrogen-bond donors (Lipinski definition) is 1. The second-order valence-corrected chi connectivity index (χ2v) is 7.12. The first-order chi connectivity index (χ1) is 13.3. The van der Waals surface area contributed by atoms with Crippen molar-refractivity contribution in [2.24, 2.45) is 0 Å². The number of hydrogen-bond acceptors (Lipinski definition) is 4. The number of rotatable bonds is 6. The molecule has 156 valence electrons. The fraction of sp³-hybridized carbons (Fsp3) is 0.176. The van der Waals surface area contributed by atoms with E-state index in [9.17, 15) is 35.2 Å². The van der Waals surface area contributed by atoms with Crippen LogP contribution in [0, 0.1) is 0 Å². The molecule has 2 aromatic rings. The SMILES string of the molecule is C=Cc1ccc(C(=O)OC(C(F)(F)F)C(F)(F)S(=O)(=O)O)c(-[n+]2ccccc2)c1. The van der Waals surface area contributed by atoms with Gasteiger partial charge in [-0.1, -0.05) is 24.8 Å². The van der Waals surface area contributed by atoms with Gasteiger partial charge in [0.25, 0.3) is 6.10 Å². The molecule has 1 atom stereocenters. The molecule has 0 aliphatic carbocycles. The fourth-order valence-electron chi connectivity index (χ4n) is 2.25. The highest BCUT2D eigenvalue weighted by Crippen LogP contribution is 2.38. The van der Waals surface area contributed by atoms with Gasteiger partial charge in [-0.25, -0.2) is 4.79 Å². The molecule has 1 unspecified atom stereocenters. The van der Waals surface area contributed by atoms with E-state index in [1.807, 2.05) is 0 Å². The van der Waals surface area contributed by atoms with Crippen molar-refractivity contribution in [3.8, 4) is 5.69 Å². The molecule has 29 heavy (non-hydrogen) atoms. The number of esters is 1. The predicted molar refractivity (Wildman–Crippen MR) is 89.8 cm³/mol. The van der Waals surface area contributed by atoms with Crippen LogP contribution < -0.4 is 4.57 Å². The van der Waals surface area contributed by atoms with Crippen LogP contribution in [0.25, 0.3) is 11.8 Å². The Hall–Kier alpha value is -2.86. The van der Waals surface area contributed by atoms with Gasteiger partial charge in [0.1, 0.15) is 5.56 Å². The van der Waals surface area contributed by atoms with Gasteiger partial charge in [-0.3, -0.25) is 4.55 Å². The number of benzene rings is 1. The van der Waals surface area contributed by atoms with Crippen LogP contribution in [0.5, 0.6) is 0 Å². The van der Waals surface area contributed by atoms with Crippen LogP contribution in [-0.2, 0) is 14.9 Å². The van der Waals surface area contributed by atoms with Crippen molar-refractivity contribution in [3.05, 3.63) is 66.5 Å². The number of carbonyl (C=O) groups is 1. The molecule has 0 bridgehead atoms. The van der Waals surface area contributed by atoms with Gasteiger partial charge in [0.15, 0.2) is 12.4 Å². The number of nitrogens with zero attached hydrogens (tertiary/aromatic N) is 1. The molecule has 0 spiro atoms. The van der Waals surface area contributed by atoms with Crippen molar-refractivity contribution in [2.75, 3.05) is 0 Å². The number of ether oxygens (including phenoxy) is 1. The van der Waals surface area contributed by atoms with Gasteiger partial charge in [0, 0.05) is 18.2 Å². The lowest BCUT2D eigenvalue weighted by molar-refractivity contribution is -0.596. The van der Waals surface area contributed by atoms with Crippen molar-refractivity contribution < 1.29 is 49.0 Å². The summed E-state index contributed by atoms with van der Waals surface area (Å²) in [5.74, 6) is -1.88. The van der Waals surface area contributed by atoms with Gasteiger partial charge < -0.3 is 4.74 Å². The smallest absolute Gasteiger partial charge is 0.432 e. The molecular formula is C17H13F5NO5S+. The van der Waals surface area contributed by atoms with Gasteiger partial charge in [0.05, 0.1) is 0 Å². The summed E-state index contributed by atoms with van der Waals surface area (Å²) in [6, 6.07) is 8.26. The van der Waals surface area contributed by atoms with Gasteiger partial charge in [-0.15, -0.1) is 0 Å². The molecule has 0 saturated heterocycles. The monoisotopic (exact) mass is 438 g/mol. The Bertz CT molecular complexity index is 1020. The Morgan fingerprint density at radius 2 is 1.72 bits per heavy atom. The van der Waals surface area contributed by atoms with Gasteiger partial charge in [-0.05, 0) is 11.6 Å². The first-order valence-electron chi connectivity index (χ1n) is 7.64. The summed E-state index contributed by atoms with van der Waals surface area (Å²) in [7, 11) is -6.53. The molecule has 0 saturated carbocycles. The Labute approximate surface area is 161 Å². The predicted octanol–water partition coefficient (Wildman–Crippen LogP) is 3.17. The molecule has 1 aromatic heterocycles. The molecule has 6 nitrogen and oxygen atoms in total. The Morgan fingerprint density at radius 3 is 2.21 bits per heavy atom. The molecule has 0 fully saturated rings. The third-order valence-corrected chi connectivity index (χ3v) is 4.54. The molecule has 1 N–H and O–H groups in total. The van der Waals surface area contributed by atoms with E-state index < -0.39 is 39.2 Å². The van der Waals surface area contributed by atoms with Crippen molar-refractivity contribution in [1.82, 2.24) is 0 Å². The highest BCUT2D eigenvalue weighted by Gasteiger charge is 2.66. The van der Waals surface area contributed by atoms with Crippen LogP contribution in [0.4, 0.5) is 22.0 Å². The molecule has 2 rings (SSSR count). The van der Waals surface area contributed by atoms with Gasteiger partial charge in [0.2, 0.25) is 5.69 Å². The van der Waals surface area contributed by atoms with Crippen molar-refractivity contribution in [2.45, 2.75) is 17.5 Å². The molecule has 12 heteroatoms. The number of pyridine rings is 1. The second kappa shape index (κ2) is 7.87. The molecule has 0 radical (unpaired) electrons. The lowest BCUT2D eigenvalue weighted by atomic mass is 10.1. The summed E-state index contributed by atoms with van der Waals surface area (Å²) < 4.78 is 101. The highest BCUT2D eigenvalue weighted by atomic mass is 32.2. The molecule has 0 amide bonds. The summed E-state index contributed by atoms with van der Waals surface area (Å²) in [5.41, 5.74) is -0.153. The minimum atomic E-state index is -6.53. The van der Waals surface area contributed by atoms with E-state index in [0.29, 0.717) is 5.56 Å². The summed E-state index contributed by atoms with van der Waals surface area (Å²) in [5, 5.41) is -5.82. The fourth-order valence-corrected chi connectivity index (χ4v) is 2.71. The standard InChI is InChI=1S/C17H12F5NO5S/c1-2-11-6-7-12(13(10-11)23-8-4-3-5-9-23)14(24)28-15(16(18,19)20)17(21,22)29(25,26)27/h2-10,15H,1H2/p+1. The zero-order valence-corrected chi connectivity index (χ0v) is 15.1. The van der Waals surface area contributed by atoms with Crippen LogP contribution in [0.15, 0.2) is 55.4 Å². The zero-order chi connectivity index (χ0) is 22.0. The Balaban J connectivity index is 2.55. The second-order valence-electron chi connectivity index (χ2n) is 5.63.